The van der Waals surface area contributed by atoms with Gasteiger partial charge in [-0.25, -0.2) is 4.98 Å². The van der Waals surface area contributed by atoms with Crippen LogP contribution in [0.1, 0.15) is 33.3 Å². The summed E-state index contributed by atoms with van der Waals surface area (Å²) in [5.41, 5.74) is 4.66. The number of hydrogen-bond acceptors (Lipinski definition) is 6. The molecule has 0 radical (unpaired) electrons. The van der Waals surface area contributed by atoms with E-state index >= 15 is 0 Å². The summed E-state index contributed by atoms with van der Waals surface area (Å²) in [4.78, 5) is 7.30. The van der Waals surface area contributed by atoms with Crippen LogP contribution in [0.2, 0.25) is 0 Å². The third-order valence-electron chi connectivity index (χ3n) is 7.68. The molecule has 4 atom stereocenters. The van der Waals surface area contributed by atoms with Gasteiger partial charge in [0.05, 0.1) is 38.5 Å². The maximum absolute atomic E-state index is 6.83. The summed E-state index contributed by atoms with van der Waals surface area (Å²) in [7, 11) is 0. The minimum absolute atomic E-state index is 0.0488. The molecule has 6 heteroatoms. The van der Waals surface area contributed by atoms with Gasteiger partial charge in [-0.3, -0.25) is 4.90 Å². The SMILES string of the molecule is c1ccc(COC[C@H]2[C@@H](OCc3ccccc3)[C@H](OCc3ccccc3)[C@@H](c3nccs3)N2Cc2ccccc2)cc1. The molecule has 2 heterocycles. The monoisotopic (exact) mass is 576 g/mol. The summed E-state index contributed by atoms with van der Waals surface area (Å²) in [6, 6.07) is 41.5. The molecule has 6 rings (SSSR count). The van der Waals surface area contributed by atoms with Crippen LogP contribution in [0.25, 0.3) is 0 Å². The van der Waals surface area contributed by atoms with Gasteiger partial charge in [0.2, 0.25) is 0 Å². The average Bonchev–Trinajstić information content (AvgIpc) is 3.67. The lowest BCUT2D eigenvalue weighted by Gasteiger charge is -2.30. The number of ether oxygens (including phenoxy) is 3. The Labute approximate surface area is 252 Å². The molecular weight excluding hydrogens is 540 g/mol. The van der Waals surface area contributed by atoms with Crippen molar-refractivity contribution in [3.63, 3.8) is 0 Å². The standard InChI is InChI=1S/C36H36N2O3S/c1-5-13-28(14-6-1)23-38-32(27-39-24-29-15-7-2-8-16-29)34(40-25-30-17-9-3-10-18-30)35(33(38)36-37-21-22-42-36)41-26-31-19-11-4-12-20-31/h1-22,32-35H,23-27H2/t32-,33-,34+,35+/m0/s1. The molecule has 1 fully saturated rings. The van der Waals surface area contributed by atoms with E-state index in [4.69, 9.17) is 19.2 Å². The second kappa shape index (κ2) is 14.5. The van der Waals surface area contributed by atoms with E-state index in [0.29, 0.717) is 26.4 Å². The molecule has 0 bridgehead atoms. The van der Waals surface area contributed by atoms with Crippen LogP contribution in [0.3, 0.4) is 0 Å². The third-order valence-corrected chi connectivity index (χ3v) is 8.53. The van der Waals surface area contributed by atoms with E-state index in [0.717, 1.165) is 28.2 Å². The number of aromatic nitrogens is 1. The molecule has 0 amide bonds. The van der Waals surface area contributed by atoms with Crippen LogP contribution >= 0.6 is 11.3 Å². The van der Waals surface area contributed by atoms with Crippen molar-refractivity contribution in [3.05, 3.63) is 160 Å². The summed E-state index contributed by atoms with van der Waals surface area (Å²) < 4.78 is 20.1. The van der Waals surface area contributed by atoms with E-state index in [1.807, 2.05) is 41.9 Å². The zero-order chi connectivity index (χ0) is 28.4. The van der Waals surface area contributed by atoms with Crippen molar-refractivity contribution in [1.29, 1.82) is 0 Å². The molecule has 0 N–H and O–H groups in total. The molecule has 42 heavy (non-hydrogen) atoms. The van der Waals surface area contributed by atoms with Gasteiger partial charge in [-0.05, 0) is 22.3 Å². The van der Waals surface area contributed by atoms with Gasteiger partial charge in [0.25, 0.3) is 0 Å². The second-order valence-electron chi connectivity index (χ2n) is 10.6. The predicted octanol–water partition coefficient (Wildman–Crippen LogP) is 7.46. The molecule has 1 aromatic heterocycles. The Kier molecular flexibility index (Phi) is 9.83. The van der Waals surface area contributed by atoms with Crippen LogP contribution in [0.4, 0.5) is 0 Å². The highest BCUT2D eigenvalue weighted by Gasteiger charge is 2.52. The smallest absolute Gasteiger partial charge is 0.113 e. The fraction of sp³-hybridized carbons (Fsp3) is 0.250. The Bertz CT molecular complexity index is 1450. The van der Waals surface area contributed by atoms with Crippen molar-refractivity contribution in [2.75, 3.05) is 6.61 Å². The fourth-order valence-electron chi connectivity index (χ4n) is 5.64. The average molecular weight is 577 g/mol. The lowest BCUT2D eigenvalue weighted by Crippen LogP contribution is -2.41. The quantitative estimate of drug-likeness (QED) is 0.146. The molecule has 4 aromatic carbocycles. The Morgan fingerprint density at radius 2 is 1.10 bits per heavy atom. The zero-order valence-electron chi connectivity index (χ0n) is 23.6. The minimum Gasteiger partial charge on any atom is -0.375 e. The van der Waals surface area contributed by atoms with Crippen molar-refractivity contribution in [2.24, 2.45) is 0 Å². The number of likely N-dealkylation sites (tertiary alicyclic amines) is 1. The van der Waals surface area contributed by atoms with Gasteiger partial charge in [-0.2, -0.15) is 0 Å². The lowest BCUT2D eigenvalue weighted by molar-refractivity contribution is -0.0868. The Hall–Kier alpha value is -3.65. The molecule has 0 unspecified atom stereocenters. The molecule has 0 spiro atoms. The maximum atomic E-state index is 6.83. The number of benzene rings is 4. The predicted molar refractivity (Wildman–Crippen MR) is 167 cm³/mol. The summed E-state index contributed by atoms with van der Waals surface area (Å²) >= 11 is 1.67. The minimum atomic E-state index is -0.242. The first kappa shape index (κ1) is 28.5. The normalized spacial score (nSPS) is 20.6. The van der Waals surface area contributed by atoms with Crippen LogP contribution in [-0.4, -0.2) is 34.7 Å². The van der Waals surface area contributed by atoms with E-state index < -0.39 is 0 Å². The summed E-state index contributed by atoms with van der Waals surface area (Å²) in [6.07, 6.45) is 1.41. The van der Waals surface area contributed by atoms with Crippen molar-refractivity contribution >= 4 is 11.3 Å². The van der Waals surface area contributed by atoms with E-state index in [2.05, 4.69) is 95.9 Å². The molecule has 214 valence electrons. The highest BCUT2D eigenvalue weighted by atomic mass is 32.1. The van der Waals surface area contributed by atoms with Crippen molar-refractivity contribution in [2.45, 2.75) is 50.7 Å². The molecule has 0 saturated carbocycles. The van der Waals surface area contributed by atoms with Gasteiger partial charge in [0.1, 0.15) is 17.2 Å². The largest absolute Gasteiger partial charge is 0.375 e. The van der Waals surface area contributed by atoms with Crippen molar-refractivity contribution in [1.82, 2.24) is 9.88 Å². The van der Waals surface area contributed by atoms with Crippen LogP contribution in [0, 0.1) is 0 Å². The highest BCUT2D eigenvalue weighted by Crippen LogP contribution is 2.42. The highest BCUT2D eigenvalue weighted by molar-refractivity contribution is 7.09. The Morgan fingerprint density at radius 3 is 1.62 bits per heavy atom. The Morgan fingerprint density at radius 1 is 0.595 bits per heavy atom. The van der Waals surface area contributed by atoms with Gasteiger partial charge in [-0.1, -0.05) is 121 Å². The maximum Gasteiger partial charge on any atom is 0.113 e. The zero-order valence-corrected chi connectivity index (χ0v) is 24.4. The molecule has 5 nitrogen and oxygen atoms in total. The number of hydrogen-bond donors (Lipinski definition) is 0. The molecule has 5 aromatic rings. The summed E-state index contributed by atoms with van der Waals surface area (Å²) in [5, 5.41) is 3.08. The van der Waals surface area contributed by atoms with Crippen LogP contribution < -0.4 is 0 Å². The van der Waals surface area contributed by atoms with Crippen LogP contribution in [0.15, 0.2) is 133 Å². The fourth-order valence-corrected chi connectivity index (χ4v) is 6.43. The molecule has 1 aliphatic heterocycles. The van der Waals surface area contributed by atoms with E-state index in [1.54, 1.807) is 11.3 Å². The first-order chi connectivity index (χ1) is 20.8. The van der Waals surface area contributed by atoms with Crippen LogP contribution in [0.5, 0.6) is 0 Å². The number of nitrogens with zero attached hydrogens (tertiary/aromatic N) is 2. The van der Waals surface area contributed by atoms with Crippen molar-refractivity contribution in [3.8, 4) is 0 Å². The van der Waals surface area contributed by atoms with Gasteiger partial charge in [0.15, 0.2) is 0 Å². The number of rotatable bonds is 13. The van der Waals surface area contributed by atoms with E-state index in [1.165, 1.54) is 5.56 Å². The van der Waals surface area contributed by atoms with Gasteiger partial charge in [0, 0.05) is 18.1 Å². The molecule has 1 aliphatic rings. The van der Waals surface area contributed by atoms with Crippen LogP contribution in [-0.2, 0) is 40.6 Å². The lowest BCUT2D eigenvalue weighted by atomic mass is 10.1. The molecule has 0 aliphatic carbocycles. The summed E-state index contributed by atoms with van der Waals surface area (Å²) in [5.74, 6) is 0. The first-order valence-corrected chi connectivity index (χ1v) is 15.3. The first-order valence-electron chi connectivity index (χ1n) is 14.5. The van der Waals surface area contributed by atoms with E-state index in [9.17, 15) is 0 Å². The van der Waals surface area contributed by atoms with Gasteiger partial charge < -0.3 is 14.2 Å². The topological polar surface area (TPSA) is 43.8 Å². The third kappa shape index (κ3) is 7.21. The van der Waals surface area contributed by atoms with Gasteiger partial charge in [-0.15, -0.1) is 11.3 Å². The molecule has 1 saturated heterocycles. The molecular formula is C36H36N2O3S. The number of thiazole rings is 1. The van der Waals surface area contributed by atoms with E-state index in [-0.39, 0.29) is 24.3 Å². The van der Waals surface area contributed by atoms with Gasteiger partial charge >= 0.3 is 0 Å². The Balaban J connectivity index is 1.34. The van der Waals surface area contributed by atoms with Crippen molar-refractivity contribution < 1.29 is 14.2 Å². The second-order valence-corrected chi connectivity index (χ2v) is 11.5. The summed E-state index contributed by atoms with van der Waals surface area (Å²) in [6.45, 7) is 2.78.